The molecule has 68 valence electrons. The lowest BCUT2D eigenvalue weighted by Crippen LogP contribution is -2.30. The second kappa shape index (κ2) is 4.54. The van der Waals surface area contributed by atoms with Gasteiger partial charge in [-0.25, -0.2) is 4.39 Å². The Morgan fingerprint density at radius 2 is 2.33 bits per heavy atom. The molecule has 0 bridgehead atoms. The van der Waals surface area contributed by atoms with Crippen LogP contribution in [0.3, 0.4) is 0 Å². The molecule has 0 spiro atoms. The number of rotatable bonds is 3. The van der Waals surface area contributed by atoms with Crippen LogP contribution in [0.2, 0.25) is 0 Å². The second-order valence-electron chi connectivity index (χ2n) is 2.78. The maximum Gasteiger partial charge on any atom is 0.154 e. The highest BCUT2D eigenvalue weighted by Crippen LogP contribution is 2.30. The van der Waals surface area contributed by atoms with E-state index in [-0.39, 0.29) is 14.9 Å². The number of ether oxygens (including phenoxy) is 1. The summed E-state index contributed by atoms with van der Waals surface area (Å²) in [4.78, 5) is 0. The molecule has 1 saturated heterocycles. The van der Waals surface area contributed by atoms with Gasteiger partial charge in [0.2, 0.25) is 0 Å². The van der Waals surface area contributed by atoms with Crippen LogP contribution in [-0.4, -0.2) is 38.9 Å². The molecule has 2 nitrogen and oxygen atoms in total. The highest BCUT2D eigenvalue weighted by atomic mass is 31.1. The van der Waals surface area contributed by atoms with Gasteiger partial charge in [-0.3, -0.25) is 0 Å². The van der Waals surface area contributed by atoms with Crippen molar-refractivity contribution in [3.8, 4) is 0 Å². The third-order valence-electron chi connectivity index (χ3n) is 1.98. The Morgan fingerprint density at radius 1 is 1.67 bits per heavy atom. The molecule has 1 aliphatic heterocycles. The largest absolute Gasteiger partial charge is 0.379 e. The van der Waals surface area contributed by atoms with E-state index in [1.54, 1.807) is 0 Å². The predicted octanol–water partition coefficient (Wildman–Crippen LogP) is 1.24. The minimum Gasteiger partial charge on any atom is -0.379 e. The Balaban J connectivity index is 2.51. The first-order valence-corrected chi connectivity index (χ1v) is 5.49. The standard InChI is InChI=1S/C7H13BFO2P/c1-3-4-5(9)6(11-12-2)7(8)10-4/h4-7,12H,3H2,1-2H3/t4-,5+,6?,7-/m1/s1. The molecule has 1 fully saturated rings. The SMILES string of the molecule is [B][C@@H]1O[C@H](CC)[C@H](F)C1OPC. The minimum absolute atomic E-state index is 0.255. The third-order valence-corrected chi connectivity index (χ3v) is 2.49. The molecular formula is C7H13BFO2P. The summed E-state index contributed by atoms with van der Waals surface area (Å²) in [6, 6.07) is -0.600. The van der Waals surface area contributed by atoms with Gasteiger partial charge in [0.25, 0.3) is 0 Å². The highest BCUT2D eigenvalue weighted by molar-refractivity contribution is 7.31. The molecule has 12 heavy (non-hydrogen) atoms. The Hall–Kier alpha value is 0.345. The maximum atomic E-state index is 13.4. The molecule has 0 N–H and O–H groups in total. The van der Waals surface area contributed by atoms with Crippen molar-refractivity contribution in [2.24, 2.45) is 0 Å². The first kappa shape index (κ1) is 10.4. The Morgan fingerprint density at radius 3 is 2.75 bits per heavy atom. The molecule has 0 aromatic rings. The number of alkyl halides is 1. The zero-order valence-electron chi connectivity index (χ0n) is 7.29. The van der Waals surface area contributed by atoms with Crippen LogP contribution in [0.15, 0.2) is 0 Å². The van der Waals surface area contributed by atoms with E-state index >= 15 is 0 Å². The first-order chi connectivity index (χ1) is 5.70. The molecule has 0 aromatic carbocycles. The topological polar surface area (TPSA) is 18.5 Å². The first-order valence-electron chi connectivity index (χ1n) is 4.08. The van der Waals surface area contributed by atoms with Gasteiger partial charge in [-0.15, -0.1) is 0 Å². The van der Waals surface area contributed by atoms with E-state index < -0.39 is 18.3 Å². The summed E-state index contributed by atoms with van der Waals surface area (Å²) in [6.45, 7) is 3.72. The molecule has 5 heteroatoms. The van der Waals surface area contributed by atoms with E-state index in [1.165, 1.54) is 0 Å². The maximum absolute atomic E-state index is 13.4. The Kier molecular flexibility index (Phi) is 3.95. The summed E-state index contributed by atoms with van der Waals surface area (Å²) in [5, 5.41) is 0. The van der Waals surface area contributed by atoms with Gasteiger partial charge in [-0.1, -0.05) is 6.92 Å². The van der Waals surface area contributed by atoms with Crippen LogP contribution in [0.5, 0.6) is 0 Å². The molecular weight excluding hydrogens is 177 g/mol. The van der Waals surface area contributed by atoms with Gasteiger partial charge in [0.05, 0.1) is 6.10 Å². The van der Waals surface area contributed by atoms with E-state index in [2.05, 4.69) is 0 Å². The average molecular weight is 190 g/mol. The van der Waals surface area contributed by atoms with Crippen molar-refractivity contribution >= 4 is 16.7 Å². The smallest absolute Gasteiger partial charge is 0.154 e. The van der Waals surface area contributed by atoms with Crippen molar-refractivity contribution in [3.05, 3.63) is 0 Å². The molecule has 1 heterocycles. The Bertz CT molecular complexity index is 149. The summed E-state index contributed by atoms with van der Waals surface area (Å²) >= 11 is 0. The van der Waals surface area contributed by atoms with Gasteiger partial charge in [0.15, 0.2) is 6.17 Å². The van der Waals surface area contributed by atoms with Crippen molar-refractivity contribution in [1.29, 1.82) is 0 Å². The van der Waals surface area contributed by atoms with Crippen LogP contribution in [0.25, 0.3) is 0 Å². The van der Waals surface area contributed by atoms with Gasteiger partial charge in [-0.05, 0) is 13.1 Å². The van der Waals surface area contributed by atoms with Crippen LogP contribution >= 0.6 is 8.81 Å². The molecule has 2 unspecified atom stereocenters. The minimum atomic E-state index is -1.07. The third kappa shape index (κ3) is 1.98. The highest BCUT2D eigenvalue weighted by Gasteiger charge is 2.41. The molecule has 0 aromatic heterocycles. The van der Waals surface area contributed by atoms with E-state index in [1.807, 2.05) is 13.6 Å². The van der Waals surface area contributed by atoms with Crippen molar-refractivity contribution in [3.63, 3.8) is 0 Å². The number of halogens is 1. The second-order valence-corrected chi connectivity index (χ2v) is 3.42. The van der Waals surface area contributed by atoms with Gasteiger partial charge in [-0.2, -0.15) is 0 Å². The van der Waals surface area contributed by atoms with E-state index in [0.717, 1.165) is 0 Å². The molecule has 0 aliphatic carbocycles. The number of hydrogen-bond donors (Lipinski definition) is 0. The summed E-state index contributed by atoms with van der Waals surface area (Å²) in [5.41, 5.74) is 0. The van der Waals surface area contributed by atoms with E-state index in [4.69, 9.17) is 17.1 Å². The predicted molar refractivity (Wildman–Crippen MR) is 48.7 cm³/mol. The molecule has 0 saturated carbocycles. The van der Waals surface area contributed by atoms with Crippen molar-refractivity contribution in [2.75, 3.05) is 6.66 Å². The summed E-state index contributed by atoms with van der Waals surface area (Å²) < 4.78 is 23.7. The normalized spacial score (nSPS) is 42.9. The van der Waals surface area contributed by atoms with Gasteiger partial charge in [0, 0.05) is 14.8 Å². The lowest BCUT2D eigenvalue weighted by molar-refractivity contribution is 0.0574. The van der Waals surface area contributed by atoms with Crippen LogP contribution in [-0.2, 0) is 9.26 Å². The fraction of sp³-hybridized carbons (Fsp3) is 1.00. The Labute approximate surface area is 75.5 Å². The van der Waals surface area contributed by atoms with Gasteiger partial charge < -0.3 is 9.26 Å². The van der Waals surface area contributed by atoms with E-state index in [0.29, 0.717) is 6.42 Å². The summed E-state index contributed by atoms with van der Waals surface area (Å²) in [7, 11) is 5.79. The average Bonchev–Trinajstić information content (AvgIpc) is 2.32. The van der Waals surface area contributed by atoms with Crippen LogP contribution < -0.4 is 0 Å². The molecule has 1 aliphatic rings. The lowest BCUT2D eigenvalue weighted by Gasteiger charge is -2.15. The number of hydrogen-bond acceptors (Lipinski definition) is 2. The fourth-order valence-corrected chi connectivity index (χ4v) is 1.87. The van der Waals surface area contributed by atoms with Crippen LogP contribution in [0, 0.1) is 0 Å². The van der Waals surface area contributed by atoms with Crippen LogP contribution in [0.1, 0.15) is 13.3 Å². The van der Waals surface area contributed by atoms with Crippen LogP contribution in [0.4, 0.5) is 4.39 Å². The molecule has 5 atom stereocenters. The van der Waals surface area contributed by atoms with Gasteiger partial charge >= 0.3 is 0 Å². The molecule has 2 radical (unpaired) electrons. The quantitative estimate of drug-likeness (QED) is 0.492. The zero-order chi connectivity index (χ0) is 9.14. The van der Waals surface area contributed by atoms with Crippen molar-refractivity contribution in [1.82, 2.24) is 0 Å². The zero-order valence-corrected chi connectivity index (χ0v) is 8.29. The summed E-state index contributed by atoms with van der Waals surface area (Å²) in [6.07, 6.45) is -1.39. The fourth-order valence-electron chi connectivity index (χ4n) is 1.34. The lowest BCUT2D eigenvalue weighted by atomic mass is 9.93. The molecule has 1 rings (SSSR count). The molecule has 0 amide bonds. The summed E-state index contributed by atoms with van der Waals surface area (Å²) in [5.74, 6) is 0. The van der Waals surface area contributed by atoms with Crippen molar-refractivity contribution < 1.29 is 13.7 Å². The van der Waals surface area contributed by atoms with E-state index in [9.17, 15) is 4.39 Å². The monoisotopic (exact) mass is 190 g/mol. The van der Waals surface area contributed by atoms with Crippen molar-refractivity contribution in [2.45, 2.75) is 37.7 Å². The van der Waals surface area contributed by atoms with Gasteiger partial charge in [0.1, 0.15) is 14.0 Å².